The number of amides is 3. The third-order valence-corrected chi connectivity index (χ3v) is 4.85. The van der Waals surface area contributed by atoms with Crippen LogP contribution in [0.4, 0.5) is 5.69 Å². The van der Waals surface area contributed by atoms with E-state index in [0.29, 0.717) is 24.3 Å². The van der Waals surface area contributed by atoms with Gasteiger partial charge in [-0.1, -0.05) is 31.9 Å². The number of piperazine rings is 1. The molecule has 0 aromatic heterocycles. The Balaban J connectivity index is 1.94. The number of rotatable bonds is 1. The van der Waals surface area contributed by atoms with Crippen molar-refractivity contribution in [2.75, 3.05) is 30.3 Å². The van der Waals surface area contributed by atoms with E-state index >= 15 is 0 Å². The summed E-state index contributed by atoms with van der Waals surface area (Å²) < 4.78 is 0.778. The Labute approximate surface area is 144 Å². The molecule has 8 heteroatoms. The van der Waals surface area contributed by atoms with Crippen LogP contribution in [0.5, 0.6) is 0 Å². The first-order valence-electron chi connectivity index (χ1n) is 6.76. The van der Waals surface area contributed by atoms with Crippen LogP contribution >= 0.6 is 31.9 Å². The third-order valence-electron chi connectivity index (χ3n) is 3.88. The molecule has 0 bridgehead atoms. The zero-order valence-corrected chi connectivity index (χ0v) is 14.7. The first-order valence-corrected chi connectivity index (χ1v) is 8.68. The predicted octanol–water partition coefficient (Wildman–Crippen LogP) is 1.45. The van der Waals surface area contributed by atoms with E-state index in [1.165, 1.54) is 0 Å². The number of fused-ring (bicyclic) bond motifs is 2. The molecule has 1 saturated heterocycles. The van der Waals surface area contributed by atoms with Crippen LogP contribution in [0.15, 0.2) is 22.7 Å². The molecule has 2 heterocycles. The maximum atomic E-state index is 12.7. The number of halogens is 2. The number of nitrogens with one attached hydrogen (secondary N) is 1. The van der Waals surface area contributed by atoms with Gasteiger partial charge in [0.2, 0.25) is 11.8 Å². The Morgan fingerprint density at radius 3 is 2.82 bits per heavy atom. The summed E-state index contributed by atoms with van der Waals surface area (Å²) in [5.41, 5.74) is 0.969. The van der Waals surface area contributed by atoms with Crippen LogP contribution in [-0.4, -0.2) is 58.5 Å². The molecule has 1 aromatic carbocycles. The lowest BCUT2D eigenvalue weighted by molar-refractivity contribution is -0.133. The lowest BCUT2D eigenvalue weighted by atomic mass is 10.1. The van der Waals surface area contributed by atoms with Gasteiger partial charge in [-0.05, 0) is 18.2 Å². The Kier molecular flexibility index (Phi) is 4.22. The van der Waals surface area contributed by atoms with E-state index in [0.717, 1.165) is 4.47 Å². The Morgan fingerprint density at radius 1 is 1.32 bits per heavy atom. The number of hydrogen-bond acceptors (Lipinski definition) is 3. The van der Waals surface area contributed by atoms with Crippen molar-refractivity contribution in [3.63, 3.8) is 0 Å². The van der Waals surface area contributed by atoms with Gasteiger partial charge >= 0.3 is 0 Å². The Bertz CT molecular complexity index is 665. The zero-order chi connectivity index (χ0) is 15.9. The zero-order valence-electron chi connectivity index (χ0n) is 11.5. The molecule has 3 amide bonds. The van der Waals surface area contributed by atoms with Gasteiger partial charge in [-0.15, -0.1) is 0 Å². The number of alkyl halides is 1. The number of carbonyl (C=O) groups is 3. The van der Waals surface area contributed by atoms with Gasteiger partial charge in [-0.3, -0.25) is 14.4 Å². The van der Waals surface area contributed by atoms with Crippen LogP contribution in [0, 0.1) is 0 Å². The van der Waals surface area contributed by atoms with Gasteiger partial charge in [-0.25, -0.2) is 0 Å². The van der Waals surface area contributed by atoms with Crippen molar-refractivity contribution in [3.8, 4) is 0 Å². The molecule has 0 aliphatic carbocycles. The molecule has 1 fully saturated rings. The molecule has 0 spiro atoms. The van der Waals surface area contributed by atoms with Crippen molar-refractivity contribution in [3.05, 3.63) is 28.2 Å². The topological polar surface area (TPSA) is 69.7 Å². The molecule has 1 N–H and O–H groups in total. The second-order valence-corrected chi connectivity index (χ2v) is 6.64. The molecular weight excluding hydrogens is 418 g/mol. The van der Waals surface area contributed by atoms with E-state index in [-0.39, 0.29) is 29.6 Å². The monoisotopic (exact) mass is 429 g/mol. The van der Waals surface area contributed by atoms with Gasteiger partial charge in [0.1, 0.15) is 6.04 Å². The summed E-state index contributed by atoms with van der Waals surface area (Å²) >= 11 is 6.48. The van der Waals surface area contributed by atoms with E-state index in [1.54, 1.807) is 28.0 Å². The molecule has 2 aliphatic rings. The van der Waals surface area contributed by atoms with E-state index in [2.05, 4.69) is 37.2 Å². The van der Waals surface area contributed by atoms with Crippen molar-refractivity contribution < 1.29 is 14.4 Å². The second kappa shape index (κ2) is 6.00. The minimum atomic E-state index is -0.657. The van der Waals surface area contributed by atoms with Gasteiger partial charge < -0.3 is 15.1 Å². The quantitative estimate of drug-likeness (QED) is 0.685. The number of nitrogens with zero attached hydrogens (tertiary/aromatic N) is 2. The highest BCUT2D eigenvalue weighted by molar-refractivity contribution is 9.10. The van der Waals surface area contributed by atoms with Crippen LogP contribution in [0.3, 0.4) is 0 Å². The van der Waals surface area contributed by atoms with Crippen molar-refractivity contribution in [2.24, 2.45) is 0 Å². The minimum absolute atomic E-state index is 0.0793. The second-order valence-electron chi connectivity index (χ2n) is 5.17. The molecule has 116 valence electrons. The highest BCUT2D eigenvalue weighted by atomic mass is 79.9. The largest absolute Gasteiger partial charge is 0.338 e. The number of benzene rings is 1. The average Bonchev–Trinajstić information content (AvgIpc) is 2.63. The molecule has 2 aliphatic heterocycles. The summed E-state index contributed by atoms with van der Waals surface area (Å²) in [6.45, 7) is 1.00. The molecule has 6 nitrogen and oxygen atoms in total. The lowest BCUT2D eigenvalue weighted by Gasteiger charge is -2.39. The normalized spacial score (nSPS) is 20.9. The lowest BCUT2D eigenvalue weighted by Crippen LogP contribution is -2.59. The third kappa shape index (κ3) is 2.65. The van der Waals surface area contributed by atoms with Crippen molar-refractivity contribution in [2.45, 2.75) is 6.04 Å². The summed E-state index contributed by atoms with van der Waals surface area (Å²) in [6, 6.07) is 4.53. The van der Waals surface area contributed by atoms with Crippen molar-refractivity contribution >= 4 is 55.3 Å². The summed E-state index contributed by atoms with van der Waals surface area (Å²) in [5.74, 6) is -0.531. The van der Waals surface area contributed by atoms with Crippen LogP contribution in [0.1, 0.15) is 10.4 Å². The van der Waals surface area contributed by atoms with Gasteiger partial charge in [0.15, 0.2) is 0 Å². The van der Waals surface area contributed by atoms with Crippen molar-refractivity contribution in [1.29, 1.82) is 0 Å². The molecule has 22 heavy (non-hydrogen) atoms. The molecule has 1 aromatic rings. The van der Waals surface area contributed by atoms with Gasteiger partial charge in [0, 0.05) is 17.6 Å². The average molecular weight is 431 g/mol. The number of carbonyl (C=O) groups excluding carboxylic acids is 3. The molecule has 1 unspecified atom stereocenters. The fourth-order valence-electron chi connectivity index (χ4n) is 2.73. The van der Waals surface area contributed by atoms with Gasteiger partial charge in [0.05, 0.1) is 23.1 Å². The Hall–Kier alpha value is -1.41. The fraction of sp³-hybridized carbons (Fsp3) is 0.357. The number of hydrogen-bond donors (Lipinski definition) is 1. The van der Waals surface area contributed by atoms with Crippen molar-refractivity contribution in [1.82, 2.24) is 9.80 Å². The summed E-state index contributed by atoms with van der Waals surface area (Å²) in [5, 5.41) is 3.00. The summed E-state index contributed by atoms with van der Waals surface area (Å²) in [7, 11) is 0. The smallest absolute Gasteiger partial charge is 0.256 e. The van der Waals surface area contributed by atoms with E-state index in [4.69, 9.17) is 0 Å². The van der Waals surface area contributed by atoms with E-state index in [9.17, 15) is 14.4 Å². The van der Waals surface area contributed by atoms with Gasteiger partial charge in [-0.2, -0.15) is 0 Å². The van der Waals surface area contributed by atoms with Crippen LogP contribution in [-0.2, 0) is 9.59 Å². The fourth-order valence-corrected chi connectivity index (χ4v) is 3.45. The minimum Gasteiger partial charge on any atom is -0.338 e. The molecule has 0 radical (unpaired) electrons. The van der Waals surface area contributed by atoms with Gasteiger partial charge in [0.25, 0.3) is 5.91 Å². The summed E-state index contributed by atoms with van der Waals surface area (Å²) in [6.07, 6.45) is 0. The van der Waals surface area contributed by atoms with Crippen LogP contribution in [0.2, 0.25) is 0 Å². The predicted molar refractivity (Wildman–Crippen MR) is 88.0 cm³/mol. The maximum absolute atomic E-state index is 12.7. The van der Waals surface area contributed by atoms with Crippen LogP contribution in [0.25, 0.3) is 0 Å². The molecule has 3 rings (SSSR count). The number of anilines is 1. The highest BCUT2D eigenvalue weighted by Crippen LogP contribution is 2.28. The Morgan fingerprint density at radius 2 is 2.09 bits per heavy atom. The summed E-state index contributed by atoms with van der Waals surface area (Å²) in [4.78, 5) is 40.1. The van der Waals surface area contributed by atoms with E-state index < -0.39 is 6.04 Å². The first kappa shape index (κ1) is 15.5. The SMILES string of the molecule is O=C1Nc2ccc(Br)cc2C(=O)N2CCN(C(=O)CBr)CC12. The maximum Gasteiger partial charge on any atom is 0.256 e. The van der Waals surface area contributed by atoms with Crippen LogP contribution < -0.4 is 5.32 Å². The standard InChI is InChI=1S/C14H13Br2N3O3/c15-6-12(20)18-3-4-19-11(7-18)13(21)17-10-2-1-8(16)5-9(10)14(19)22/h1-2,5,11H,3-4,6-7H2,(H,17,21). The molecule has 1 atom stereocenters. The van der Waals surface area contributed by atoms with E-state index in [1.807, 2.05) is 0 Å². The first-order chi connectivity index (χ1) is 10.5. The molecule has 0 saturated carbocycles. The molecular formula is C14H13Br2N3O3. The highest BCUT2D eigenvalue weighted by Gasteiger charge is 2.40.